The molecule has 4 heteroatoms. The van der Waals surface area contributed by atoms with Crippen LogP contribution < -0.4 is 51.4 Å². The van der Waals surface area contributed by atoms with Gasteiger partial charge in [0.1, 0.15) is 0 Å². The van der Waals surface area contributed by atoms with Crippen LogP contribution in [0, 0.1) is 0 Å². The van der Waals surface area contributed by atoms with Gasteiger partial charge in [-0.25, -0.2) is 0 Å². The Hall–Kier alpha value is 0.126. The third-order valence-electron chi connectivity index (χ3n) is 2.00. The molecule has 2 rings (SSSR count). The first-order chi connectivity index (χ1) is 6.34. The molecule has 0 spiro atoms. The summed E-state index contributed by atoms with van der Waals surface area (Å²) in [6.07, 6.45) is 0.355. The van der Waals surface area contributed by atoms with Gasteiger partial charge in [-0.2, -0.15) is 0 Å². The molecule has 1 aromatic rings. The number of carbonyl (C=O) groups excluding carboxylic acids is 1. The molecule has 1 saturated heterocycles. The predicted molar refractivity (Wildman–Crippen MR) is 48.6 cm³/mol. The molecule has 1 heterocycles. The second kappa shape index (κ2) is 5.87. The van der Waals surface area contributed by atoms with Gasteiger partial charge < -0.3 is 10.1 Å². The average Bonchev–Trinajstić information content (AvgIpc) is 2.53. The number of ether oxygens (including phenoxy) is 1. The molecule has 14 heavy (non-hydrogen) atoms. The van der Waals surface area contributed by atoms with Crippen LogP contribution in [0.5, 0.6) is 0 Å². The predicted octanol–water partition coefficient (Wildman–Crippen LogP) is -0.874. The molecule has 1 aliphatic rings. The molecule has 0 unspecified atom stereocenters. The van der Waals surface area contributed by atoms with E-state index in [2.05, 4.69) is 5.32 Å². The van der Waals surface area contributed by atoms with Gasteiger partial charge in [0.05, 0.1) is 6.61 Å². The second-order valence-corrected chi connectivity index (χ2v) is 3.05. The molecule has 1 fully saturated rings. The summed E-state index contributed by atoms with van der Waals surface area (Å²) in [6, 6.07) is 9.99. The van der Waals surface area contributed by atoms with Gasteiger partial charge in [0, 0.05) is 0 Å². The van der Waals surface area contributed by atoms with Crippen molar-refractivity contribution in [1.29, 1.82) is 0 Å². The zero-order chi connectivity index (χ0) is 9.10. The maximum absolute atomic E-state index is 10.7. The van der Waals surface area contributed by atoms with E-state index in [1.807, 2.05) is 30.3 Å². The van der Waals surface area contributed by atoms with Crippen molar-refractivity contribution in [2.45, 2.75) is 12.5 Å². The number of rotatable bonds is 2. The van der Waals surface area contributed by atoms with Crippen molar-refractivity contribution in [3.63, 3.8) is 0 Å². The van der Waals surface area contributed by atoms with E-state index in [1.54, 1.807) is 0 Å². The van der Waals surface area contributed by atoms with Gasteiger partial charge in [0.25, 0.3) is 0 Å². The van der Waals surface area contributed by atoms with Gasteiger partial charge in [-0.3, -0.25) is 4.79 Å². The van der Waals surface area contributed by atoms with Crippen LogP contribution >= 0.6 is 0 Å². The smallest absolute Gasteiger partial charge is 0.612 e. The first-order valence-electron chi connectivity index (χ1n) is 4.26. The van der Waals surface area contributed by atoms with E-state index in [-0.39, 0.29) is 57.4 Å². The van der Waals surface area contributed by atoms with Crippen LogP contribution in [0.25, 0.3) is 5.32 Å². The Morgan fingerprint density at radius 3 is 2.64 bits per heavy atom. The third kappa shape index (κ3) is 3.36. The fraction of sp³-hybridized carbons (Fsp3) is 0.300. The molecule has 0 radical (unpaired) electrons. The summed E-state index contributed by atoms with van der Waals surface area (Å²) in [4.78, 5) is 10.7. The maximum Gasteiger partial charge on any atom is 1.00 e. The Kier molecular flexibility index (Phi) is 5.12. The van der Waals surface area contributed by atoms with E-state index in [0.717, 1.165) is 6.42 Å². The van der Waals surface area contributed by atoms with E-state index in [4.69, 9.17) is 4.74 Å². The SMILES string of the molecule is O=C1[N-][C@@H](Cc2ccccc2)CO1.[K+]. The molecular weight excluding hydrogens is 205 g/mol. The van der Waals surface area contributed by atoms with Crippen LogP contribution in [-0.4, -0.2) is 18.7 Å². The summed E-state index contributed by atoms with van der Waals surface area (Å²) in [7, 11) is 0. The Morgan fingerprint density at radius 2 is 2.07 bits per heavy atom. The molecule has 1 amide bonds. The summed E-state index contributed by atoms with van der Waals surface area (Å²) < 4.78 is 4.73. The zero-order valence-electron chi connectivity index (χ0n) is 8.14. The van der Waals surface area contributed by atoms with Crippen LogP contribution in [0.1, 0.15) is 5.56 Å². The van der Waals surface area contributed by atoms with Gasteiger partial charge in [-0.1, -0.05) is 36.4 Å². The number of hydrogen-bond acceptors (Lipinski definition) is 2. The number of hydrogen-bond donors (Lipinski definition) is 0. The summed E-state index contributed by atoms with van der Waals surface area (Å²) in [5.41, 5.74) is 1.19. The van der Waals surface area contributed by atoms with Crippen molar-refractivity contribution in [2.75, 3.05) is 6.61 Å². The molecular formula is C10H10KNO2. The van der Waals surface area contributed by atoms with Crippen molar-refractivity contribution in [2.24, 2.45) is 0 Å². The minimum absolute atomic E-state index is 0. The van der Waals surface area contributed by atoms with E-state index in [9.17, 15) is 4.79 Å². The molecule has 1 aromatic carbocycles. The fourth-order valence-corrected chi connectivity index (χ4v) is 1.38. The number of amides is 1. The number of carbonyl (C=O) groups is 1. The van der Waals surface area contributed by atoms with Crippen LogP contribution in [-0.2, 0) is 11.2 Å². The Morgan fingerprint density at radius 1 is 1.36 bits per heavy atom. The van der Waals surface area contributed by atoms with Crippen molar-refractivity contribution >= 4 is 6.09 Å². The molecule has 0 saturated carbocycles. The normalized spacial score (nSPS) is 19.4. The maximum atomic E-state index is 10.7. The standard InChI is InChI=1S/C10H11NO2.K/c12-10-11-9(7-13-10)6-8-4-2-1-3-5-8;/h1-5,9H,6-7H2,(H,11,12);/q;+1/p-1/t9-;/m0./s1. The fourth-order valence-electron chi connectivity index (χ4n) is 1.38. The van der Waals surface area contributed by atoms with E-state index >= 15 is 0 Å². The first kappa shape index (κ1) is 12.2. The monoisotopic (exact) mass is 215 g/mol. The molecule has 68 valence electrons. The largest absolute Gasteiger partial charge is 1.00 e. The van der Waals surface area contributed by atoms with Crippen LogP contribution in [0.15, 0.2) is 30.3 Å². The van der Waals surface area contributed by atoms with Gasteiger partial charge in [-0.05, 0) is 12.0 Å². The molecule has 0 N–H and O–H groups in total. The van der Waals surface area contributed by atoms with Crippen molar-refractivity contribution in [1.82, 2.24) is 0 Å². The minimum Gasteiger partial charge on any atom is -0.612 e. The van der Waals surface area contributed by atoms with Gasteiger partial charge in [0.2, 0.25) is 6.09 Å². The van der Waals surface area contributed by atoms with Gasteiger partial charge in [0.15, 0.2) is 0 Å². The third-order valence-corrected chi connectivity index (χ3v) is 2.00. The average molecular weight is 215 g/mol. The van der Waals surface area contributed by atoms with Crippen molar-refractivity contribution in [3.8, 4) is 0 Å². The van der Waals surface area contributed by atoms with Crippen molar-refractivity contribution in [3.05, 3.63) is 41.2 Å². The molecule has 0 aliphatic carbocycles. The summed E-state index contributed by atoms with van der Waals surface area (Å²) in [5, 5.41) is 3.82. The van der Waals surface area contributed by atoms with E-state index in [1.165, 1.54) is 5.56 Å². The van der Waals surface area contributed by atoms with Gasteiger partial charge in [-0.15, -0.1) is 0 Å². The van der Waals surface area contributed by atoms with Crippen LogP contribution in [0.2, 0.25) is 0 Å². The zero-order valence-corrected chi connectivity index (χ0v) is 11.3. The molecule has 3 nitrogen and oxygen atoms in total. The minimum atomic E-state index is -0.430. The first-order valence-corrected chi connectivity index (χ1v) is 4.26. The summed E-state index contributed by atoms with van der Waals surface area (Å²) in [5.74, 6) is 0. The quantitative estimate of drug-likeness (QED) is 0.601. The van der Waals surface area contributed by atoms with Crippen LogP contribution in [0.4, 0.5) is 4.79 Å². The second-order valence-electron chi connectivity index (χ2n) is 3.05. The molecule has 1 aliphatic heterocycles. The Bertz CT molecular complexity index is 302. The summed E-state index contributed by atoms with van der Waals surface area (Å²) >= 11 is 0. The molecule has 0 aromatic heterocycles. The van der Waals surface area contributed by atoms with E-state index in [0.29, 0.717) is 6.61 Å². The summed E-state index contributed by atoms with van der Waals surface area (Å²) in [6.45, 7) is 0.424. The topological polar surface area (TPSA) is 40.4 Å². The van der Waals surface area contributed by atoms with Gasteiger partial charge >= 0.3 is 51.4 Å². The molecule has 1 atom stereocenters. The number of benzene rings is 1. The number of cyclic esters (lactones) is 1. The van der Waals surface area contributed by atoms with E-state index < -0.39 is 6.09 Å². The Balaban J connectivity index is 0.000000980. The van der Waals surface area contributed by atoms with Crippen molar-refractivity contribution < 1.29 is 60.9 Å². The van der Waals surface area contributed by atoms with Crippen LogP contribution in [0.3, 0.4) is 0 Å². The Labute approximate surface area is 126 Å². The number of nitrogens with zero attached hydrogens (tertiary/aromatic N) is 1. The molecule has 0 bridgehead atoms.